The van der Waals surface area contributed by atoms with Crippen molar-refractivity contribution in [2.75, 3.05) is 20.1 Å². The highest BCUT2D eigenvalue weighted by Gasteiger charge is 2.52. The summed E-state index contributed by atoms with van der Waals surface area (Å²) >= 11 is 0. The van der Waals surface area contributed by atoms with Crippen molar-refractivity contribution in [2.45, 2.75) is 44.6 Å². The summed E-state index contributed by atoms with van der Waals surface area (Å²) in [7, 11) is 1.98. The first kappa shape index (κ1) is 14.8. The van der Waals surface area contributed by atoms with Gasteiger partial charge in [0.25, 0.3) is 5.91 Å². The lowest BCUT2D eigenvalue weighted by Crippen LogP contribution is -2.55. The van der Waals surface area contributed by atoms with Crippen LogP contribution in [0.4, 0.5) is 4.79 Å². The van der Waals surface area contributed by atoms with E-state index in [1.807, 2.05) is 14.0 Å². The van der Waals surface area contributed by atoms with Gasteiger partial charge >= 0.3 is 6.03 Å². The molecule has 0 aliphatic carbocycles. The summed E-state index contributed by atoms with van der Waals surface area (Å²) in [5, 5.41) is 3.60. The second kappa shape index (κ2) is 5.78. The topological polar surface area (TPSA) is 81.8 Å². The minimum Gasteiger partial charge on any atom is -0.321 e. The fourth-order valence-electron chi connectivity index (χ4n) is 2.58. The number of hydrogen-bond acceptors (Lipinski definition) is 4. The number of hydrogen-bond donors (Lipinski definition) is 2. The molecule has 0 radical (unpaired) electrons. The first-order valence-electron chi connectivity index (χ1n) is 7.13. The molecule has 2 heterocycles. The van der Waals surface area contributed by atoms with Gasteiger partial charge in [0.2, 0.25) is 5.91 Å². The Labute approximate surface area is 118 Å². The Hall–Kier alpha value is -1.63. The molecule has 0 aromatic heterocycles. The van der Waals surface area contributed by atoms with Crippen LogP contribution in [0.15, 0.2) is 0 Å². The van der Waals surface area contributed by atoms with E-state index in [4.69, 9.17) is 0 Å². The number of unbranched alkanes of at least 4 members (excludes halogenated alkanes) is 1. The molecule has 0 aromatic carbocycles. The van der Waals surface area contributed by atoms with E-state index >= 15 is 0 Å². The lowest BCUT2D eigenvalue weighted by atomic mass is 9.88. The Balaban J connectivity index is 2.00. The summed E-state index contributed by atoms with van der Waals surface area (Å²) in [6.07, 6.45) is 3.11. The Morgan fingerprint density at radius 2 is 2.00 bits per heavy atom. The first-order valence-corrected chi connectivity index (χ1v) is 7.13. The van der Waals surface area contributed by atoms with Gasteiger partial charge in [-0.2, -0.15) is 5.01 Å². The number of piperidine rings is 1. The normalized spacial score (nSPS) is 22.2. The first-order chi connectivity index (χ1) is 9.48. The van der Waals surface area contributed by atoms with Crippen LogP contribution in [0.1, 0.15) is 39.0 Å². The number of rotatable bonds is 4. The van der Waals surface area contributed by atoms with Gasteiger partial charge in [0.1, 0.15) is 5.54 Å². The predicted molar refractivity (Wildman–Crippen MR) is 72.5 cm³/mol. The molecule has 2 aliphatic heterocycles. The Morgan fingerprint density at radius 1 is 1.35 bits per heavy atom. The maximum atomic E-state index is 12.4. The molecule has 2 N–H and O–H groups in total. The number of amides is 4. The number of nitrogens with one attached hydrogen (secondary N) is 2. The average molecular weight is 282 g/mol. The lowest BCUT2D eigenvalue weighted by molar-refractivity contribution is -0.140. The van der Waals surface area contributed by atoms with Gasteiger partial charge in [-0.1, -0.05) is 13.3 Å². The van der Waals surface area contributed by atoms with E-state index in [-0.39, 0.29) is 11.8 Å². The van der Waals surface area contributed by atoms with Gasteiger partial charge in [-0.05, 0) is 26.3 Å². The van der Waals surface area contributed by atoms with E-state index in [0.717, 1.165) is 30.9 Å². The SMILES string of the molecule is CCCCC(=O)NN1C(=O)NC2(CCN(C)CC2)C1=O. The molecule has 2 aliphatic rings. The molecule has 0 aromatic rings. The van der Waals surface area contributed by atoms with Gasteiger partial charge in [0.15, 0.2) is 0 Å². The number of carbonyl (C=O) groups excluding carboxylic acids is 3. The fraction of sp³-hybridized carbons (Fsp3) is 0.769. The third-order valence-corrected chi connectivity index (χ3v) is 4.00. The molecule has 0 atom stereocenters. The molecule has 4 amide bonds. The molecule has 7 nitrogen and oxygen atoms in total. The summed E-state index contributed by atoms with van der Waals surface area (Å²) in [5.74, 6) is -0.624. The number of urea groups is 1. The Morgan fingerprint density at radius 3 is 2.60 bits per heavy atom. The number of imide groups is 1. The molecule has 112 valence electrons. The van der Waals surface area contributed by atoms with Gasteiger partial charge < -0.3 is 10.2 Å². The van der Waals surface area contributed by atoms with Crippen LogP contribution in [0.5, 0.6) is 0 Å². The van der Waals surface area contributed by atoms with Crippen LogP contribution in [0.25, 0.3) is 0 Å². The molecule has 20 heavy (non-hydrogen) atoms. The number of hydrazine groups is 1. The average Bonchev–Trinajstić information content (AvgIpc) is 2.65. The van der Waals surface area contributed by atoms with Crippen molar-refractivity contribution >= 4 is 17.8 Å². The molecular weight excluding hydrogens is 260 g/mol. The van der Waals surface area contributed by atoms with Crippen LogP contribution in [-0.2, 0) is 9.59 Å². The van der Waals surface area contributed by atoms with E-state index in [1.54, 1.807) is 0 Å². The molecule has 2 fully saturated rings. The van der Waals surface area contributed by atoms with Gasteiger partial charge in [-0.15, -0.1) is 0 Å². The summed E-state index contributed by atoms with van der Waals surface area (Å²) in [6, 6.07) is -0.524. The third kappa shape index (κ3) is 2.77. The van der Waals surface area contributed by atoms with Crippen molar-refractivity contribution in [3.63, 3.8) is 0 Å². The minimum atomic E-state index is -0.832. The molecule has 2 rings (SSSR count). The van der Waals surface area contributed by atoms with E-state index in [9.17, 15) is 14.4 Å². The van der Waals surface area contributed by atoms with Crippen LogP contribution >= 0.6 is 0 Å². The van der Waals surface area contributed by atoms with Crippen LogP contribution in [0, 0.1) is 0 Å². The zero-order chi connectivity index (χ0) is 14.8. The van der Waals surface area contributed by atoms with Gasteiger partial charge in [0.05, 0.1) is 0 Å². The van der Waals surface area contributed by atoms with Crippen LogP contribution in [0.3, 0.4) is 0 Å². The second-order valence-corrected chi connectivity index (χ2v) is 5.59. The third-order valence-electron chi connectivity index (χ3n) is 4.00. The molecule has 0 unspecified atom stereocenters. The second-order valence-electron chi connectivity index (χ2n) is 5.59. The highest BCUT2D eigenvalue weighted by molar-refractivity contribution is 6.08. The summed E-state index contributed by atoms with van der Waals surface area (Å²) in [4.78, 5) is 38.1. The van der Waals surface area contributed by atoms with Crippen molar-refractivity contribution in [1.82, 2.24) is 20.7 Å². The Bertz CT molecular complexity index is 416. The molecule has 7 heteroatoms. The van der Waals surface area contributed by atoms with Gasteiger partial charge in [-0.3, -0.25) is 15.0 Å². The zero-order valence-corrected chi connectivity index (χ0v) is 12.1. The van der Waals surface area contributed by atoms with E-state index in [0.29, 0.717) is 19.3 Å². The lowest BCUT2D eigenvalue weighted by Gasteiger charge is -2.35. The largest absolute Gasteiger partial charge is 0.344 e. The Kier molecular flexibility index (Phi) is 4.27. The van der Waals surface area contributed by atoms with Crippen LogP contribution in [0.2, 0.25) is 0 Å². The van der Waals surface area contributed by atoms with Gasteiger partial charge in [0, 0.05) is 19.5 Å². The number of likely N-dealkylation sites (tertiary alicyclic amines) is 1. The standard InChI is InChI=1S/C13H22N4O3/c1-3-4-5-10(18)15-17-11(19)13(14-12(17)20)6-8-16(2)9-7-13/h3-9H2,1-2H3,(H,14,20)(H,15,18). The minimum absolute atomic E-state index is 0.291. The van der Waals surface area contributed by atoms with E-state index in [2.05, 4.69) is 15.6 Å². The smallest absolute Gasteiger partial charge is 0.321 e. The molecule has 0 bridgehead atoms. The number of carbonyl (C=O) groups is 3. The predicted octanol–water partition coefficient (Wildman–Crippen LogP) is 0.224. The van der Waals surface area contributed by atoms with Crippen LogP contribution < -0.4 is 10.7 Å². The van der Waals surface area contributed by atoms with E-state index in [1.165, 1.54) is 0 Å². The molecule has 2 saturated heterocycles. The molecular formula is C13H22N4O3. The van der Waals surface area contributed by atoms with Crippen molar-refractivity contribution in [1.29, 1.82) is 0 Å². The maximum absolute atomic E-state index is 12.4. The monoisotopic (exact) mass is 282 g/mol. The van der Waals surface area contributed by atoms with E-state index < -0.39 is 11.6 Å². The summed E-state index contributed by atoms with van der Waals surface area (Å²) in [5.41, 5.74) is 1.58. The van der Waals surface area contributed by atoms with Crippen molar-refractivity contribution < 1.29 is 14.4 Å². The zero-order valence-electron chi connectivity index (χ0n) is 12.1. The molecule has 0 saturated carbocycles. The van der Waals surface area contributed by atoms with Gasteiger partial charge in [-0.25, -0.2) is 4.79 Å². The molecule has 1 spiro atoms. The van der Waals surface area contributed by atoms with Crippen molar-refractivity contribution in [3.8, 4) is 0 Å². The number of nitrogens with zero attached hydrogens (tertiary/aromatic N) is 2. The highest BCUT2D eigenvalue weighted by atomic mass is 16.2. The fourth-order valence-corrected chi connectivity index (χ4v) is 2.58. The quantitative estimate of drug-likeness (QED) is 0.723. The maximum Gasteiger partial charge on any atom is 0.344 e. The highest BCUT2D eigenvalue weighted by Crippen LogP contribution is 2.28. The van der Waals surface area contributed by atoms with Crippen LogP contribution in [-0.4, -0.2) is 53.4 Å². The summed E-state index contributed by atoms with van der Waals surface area (Å²) < 4.78 is 0. The van der Waals surface area contributed by atoms with Crippen molar-refractivity contribution in [2.24, 2.45) is 0 Å². The van der Waals surface area contributed by atoms with Crippen molar-refractivity contribution in [3.05, 3.63) is 0 Å². The summed E-state index contributed by atoms with van der Waals surface area (Å²) in [6.45, 7) is 3.49.